The van der Waals surface area contributed by atoms with E-state index in [4.69, 9.17) is 16.3 Å². The third-order valence-electron chi connectivity index (χ3n) is 3.87. The summed E-state index contributed by atoms with van der Waals surface area (Å²) in [4.78, 5) is 25.4. The summed E-state index contributed by atoms with van der Waals surface area (Å²) in [7, 11) is 1.58. The Morgan fingerprint density at radius 1 is 0.846 bits per heavy atom. The van der Waals surface area contributed by atoms with E-state index in [1.807, 2.05) is 0 Å². The van der Waals surface area contributed by atoms with Crippen molar-refractivity contribution in [3.05, 3.63) is 94.5 Å². The molecule has 4 nitrogen and oxygen atoms in total. The minimum absolute atomic E-state index is 0.234. The van der Waals surface area contributed by atoms with Gasteiger partial charge in [0.05, 0.1) is 12.7 Å². The van der Waals surface area contributed by atoms with Crippen molar-refractivity contribution < 1.29 is 14.3 Å². The van der Waals surface area contributed by atoms with Gasteiger partial charge in [-0.3, -0.25) is 9.59 Å². The molecule has 5 heteroatoms. The van der Waals surface area contributed by atoms with Gasteiger partial charge in [-0.05, 0) is 54.6 Å². The van der Waals surface area contributed by atoms with E-state index < -0.39 is 0 Å². The number of hydrogen-bond donors (Lipinski definition) is 1. The van der Waals surface area contributed by atoms with Crippen LogP contribution in [0.15, 0.2) is 72.8 Å². The zero-order valence-electron chi connectivity index (χ0n) is 14.0. The first-order chi connectivity index (χ1) is 12.6. The largest absolute Gasteiger partial charge is 0.497 e. The van der Waals surface area contributed by atoms with Gasteiger partial charge in [-0.1, -0.05) is 29.8 Å². The van der Waals surface area contributed by atoms with Gasteiger partial charge in [0, 0.05) is 21.8 Å². The number of benzene rings is 3. The zero-order chi connectivity index (χ0) is 18.5. The number of ether oxygens (including phenoxy) is 1. The van der Waals surface area contributed by atoms with E-state index in [0.29, 0.717) is 33.1 Å². The number of methoxy groups -OCH3 is 1. The molecule has 0 bridgehead atoms. The Labute approximate surface area is 156 Å². The fourth-order valence-electron chi connectivity index (χ4n) is 2.51. The molecular weight excluding hydrogens is 350 g/mol. The minimum atomic E-state index is -0.354. The fourth-order valence-corrected chi connectivity index (χ4v) is 2.63. The quantitative estimate of drug-likeness (QED) is 0.659. The summed E-state index contributed by atoms with van der Waals surface area (Å²) in [5, 5.41) is 3.35. The molecule has 1 amide bonds. The lowest BCUT2D eigenvalue weighted by atomic mass is 9.98. The van der Waals surface area contributed by atoms with E-state index in [9.17, 15) is 9.59 Å². The molecule has 0 aliphatic heterocycles. The van der Waals surface area contributed by atoms with Crippen molar-refractivity contribution in [1.29, 1.82) is 0 Å². The van der Waals surface area contributed by atoms with Gasteiger partial charge < -0.3 is 10.1 Å². The van der Waals surface area contributed by atoms with Gasteiger partial charge in [-0.25, -0.2) is 0 Å². The van der Waals surface area contributed by atoms with E-state index in [-0.39, 0.29) is 11.7 Å². The van der Waals surface area contributed by atoms with Crippen LogP contribution in [0.2, 0.25) is 5.02 Å². The first-order valence-electron chi connectivity index (χ1n) is 7.93. The Hall–Kier alpha value is -3.11. The third kappa shape index (κ3) is 3.92. The lowest BCUT2D eigenvalue weighted by Crippen LogP contribution is -2.16. The Morgan fingerprint density at radius 2 is 1.46 bits per heavy atom. The molecule has 130 valence electrons. The highest BCUT2D eigenvalue weighted by Gasteiger charge is 2.18. The molecule has 0 unspecified atom stereocenters. The average molecular weight is 366 g/mol. The van der Waals surface area contributed by atoms with Crippen LogP contribution >= 0.6 is 11.6 Å². The minimum Gasteiger partial charge on any atom is -0.497 e. The molecule has 0 aromatic heterocycles. The van der Waals surface area contributed by atoms with Crippen LogP contribution in [0.3, 0.4) is 0 Å². The molecule has 0 saturated heterocycles. The third-order valence-corrected chi connectivity index (χ3v) is 4.12. The second-order valence-corrected chi connectivity index (χ2v) is 6.00. The Kier molecular flexibility index (Phi) is 5.34. The molecular formula is C21H16ClNO3. The first kappa shape index (κ1) is 17.7. The summed E-state index contributed by atoms with van der Waals surface area (Å²) in [6.07, 6.45) is 0. The lowest BCUT2D eigenvalue weighted by Gasteiger charge is -2.10. The fraction of sp³-hybridized carbons (Fsp3) is 0.0476. The highest BCUT2D eigenvalue weighted by atomic mass is 35.5. The molecule has 0 radical (unpaired) electrons. The number of rotatable bonds is 5. The van der Waals surface area contributed by atoms with Crippen molar-refractivity contribution >= 4 is 29.0 Å². The van der Waals surface area contributed by atoms with Gasteiger partial charge in [-0.15, -0.1) is 0 Å². The number of halogens is 1. The van der Waals surface area contributed by atoms with Crippen molar-refractivity contribution in [2.24, 2.45) is 0 Å². The monoisotopic (exact) mass is 365 g/mol. The van der Waals surface area contributed by atoms with Crippen LogP contribution in [0, 0.1) is 0 Å². The highest BCUT2D eigenvalue weighted by molar-refractivity contribution is 6.30. The second kappa shape index (κ2) is 7.85. The van der Waals surface area contributed by atoms with E-state index in [0.717, 1.165) is 0 Å². The maximum Gasteiger partial charge on any atom is 0.256 e. The smallest absolute Gasteiger partial charge is 0.256 e. The SMILES string of the molecule is COc1ccc(NC(=O)c2ccccc2C(=O)c2ccc(Cl)cc2)cc1. The van der Waals surface area contributed by atoms with E-state index in [1.165, 1.54) is 0 Å². The second-order valence-electron chi connectivity index (χ2n) is 5.56. The summed E-state index contributed by atoms with van der Waals surface area (Å²) in [5.74, 6) is 0.108. The standard InChI is InChI=1S/C21H16ClNO3/c1-26-17-12-10-16(11-13-17)23-21(25)19-5-3-2-4-18(19)20(24)14-6-8-15(22)9-7-14/h2-13H,1H3,(H,23,25). The number of hydrogen-bond acceptors (Lipinski definition) is 3. The molecule has 3 rings (SSSR count). The van der Waals surface area contributed by atoms with Gasteiger partial charge >= 0.3 is 0 Å². The van der Waals surface area contributed by atoms with E-state index in [2.05, 4.69) is 5.32 Å². The average Bonchev–Trinajstić information content (AvgIpc) is 2.68. The molecule has 0 atom stereocenters. The molecule has 0 spiro atoms. The van der Waals surface area contributed by atoms with Gasteiger partial charge in [0.2, 0.25) is 0 Å². The number of ketones is 1. The lowest BCUT2D eigenvalue weighted by molar-refractivity contribution is 0.0996. The summed E-state index contributed by atoms with van der Waals surface area (Å²) < 4.78 is 5.10. The summed E-state index contributed by atoms with van der Waals surface area (Å²) in [5.41, 5.74) is 1.73. The summed E-state index contributed by atoms with van der Waals surface area (Å²) in [6, 6.07) is 20.3. The van der Waals surface area contributed by atoms with Crippen molar-refractivity contribution in [2.45, 2.75) is 0 Å². The molecule has 0 aliphatic rings. The number of anilines is 1. The molecule has 3 aromatic rings. The molecule has 26 heavy (non-hydrogen) atoms. The Balaban J connectivity index is 1.87. The molecule has 3 aromatic carbocycles. The first-order valence-corrected chi connectivity index (χ1v) is 8.31. The summed E-state index contributed by atoms with van der Waals surface area (Å²) >= 11 is 5.87. The van der Waals surface area contributed by atoms with Crippen LogP contribution in [0.1, 0.15) is 26.3 Å². The van der Waals surface area contributed by atoms with Crippen LogP contribution in [-0.4, -0.2) is 18.8 Å². The maximum absolute atomic E-state index is 12.8. The van der Waals surface area contributed by atoms with Crippen LogP contribution in [0.4, 0.5) is 5.69 Å². The van der Waals surface area contributed by atoms with Crippen LogP contribution in [-0.2, 0) is 0 Å². The van der Waals surface area contributed by atoms with Crippen molar-refractivity contribution in [1.82, 2.24) is 0 Å². The molecule has 0 aliphatic carbocycles. The zero-order valence-corrected chi connectivity index (χ0v) is 14.8. The van der Waals surface area contributed by atoms with Crippen molar-refractivity contribution in [3.63, 3.8) is 0 Å². The number of amides is 1. The van der Waals surface area contributed by atoms with Gasteiger partial charge in [0.15, 0.2) is 5.78 Å². The number of nitrogens with one attached hydrogen (secondary N) is 1. The molecule has 0 fully saturated rings. The van der Waals surface area contributed by atoms with Crippen LogP contribution in [0.5, 0.6) is 5.75 Å². The van der Waals surface area contributed by atoms with Gasteiger partial charge in [0.25, 0.3) is 5.91 Å². The topological polar surface area (TPSA) is 55.4 Å². The predicted octanol–water partition coefficient (Wildman–Crippen LogP) is 4.83. The summed E-state index contributed by atoms with van der Waals surface area (Å²) in [6.45, 7) is 0. The number of carbonyl (C=O) groups is 2. The normalized spacial score (nSPS) is 10.2. The van der Waals surface area contributed by atoms with Gasteiger partial charge in [0.1, 0.15) is 5.75 Å². The van der Waals surface area contributed by atoms with Crippen LogP contribution < -0.4 is 10.1 Å². The molecule has 0 saturated carbocycles. The van der Waals surface area contributed by atoms with Crippen molar-refractivity contribution in [2.75, 3.05) is 12.4 Å². The van der Waals surface area contributed by atoms with Gasteiger partial charge in [-0.2, -0.15) is 0 Å². The van der Waals surface area contributed by atoms with E-state index in [1.54, 1.807) is 79.9 Å². The highest BCUT2D eigenvalue weighted by Crippen LogP contribution is 2.20. The van der Waals surface area contributed by atoms with Crippen LogP contribution in [0.25, 0.3) is 0 Å². The maximum atomic E-state index is 12.8. The molecule has 0 heterocycles. The Morgan fingerprint density at radius 3 is 2.08 bits per heavy atom. The number of carbonyl (C=O) groups excluding carboxylic acids is 2. The predicted molar refractivity (Wildman–Crippen MR) is 102 cm³/mol. The molecule has 1 N–H and O–H groups in total. The Bertz CT molecular complexity index is 934. The van der Waals surface area contributed by atoms with E-state index >= 15 is 0 Å². The van der Waals surface area contributed by atoms with Crippen molar-refractivity contribution in [3.8, 4) is 5.75 Å².